The van der Waals surface area contributed by atoms with E-state index in [0.29, 0.717) is 0 Å². The molecule has 0 aliphatic heterocycles. The van der Waals surface area contributed by atoms with Crippen LogP contribution < -0.4 is 10.1 Å². The number of hydrogen-bond donors (Lipinski definition) is 1. The number of halogens is 2. The lowest BCUT2D eigenvalue weighted by molar-refractivity contribution is 0.386. The van der Waals surface area contributed by atoms with Crippen LogP contribution in [0, 0.1) is 12.7 Å². The Bertz CT molecular complexity index is 630. The van der Waals surface area contributed by atoms with Gasteiger partial charge in [-0.25, -0.2) is 4.39 Å². The Kier molecular flexibility index (Phi) is 5.37. The Labute approximate surface area is 133 Å². The molecular formula is C17H19BrFNO. The zero-order valence-corrected chi connectivity index (χ0v) is 14.0. The highest BCUT2D eigenvalue weighted by Gasteiger charge is 2.14. The monoisotopic (exact) mass is 351 g/mol. The minimum Gasteiger partial charge on any atom is -0.494 e. The molecule has 0 saturated heterocycles. The lowest BCUT2D eigenvalue weighted by Gasteiger charge is -2.19. The molecular weight excluding hydrogens is 333 g/mol. The molecule has 0 bridgehead atoms. The van der Waals surface area contributed by atoms with E-state index in [1.165, 1.54) is 24.3 Å². The van der Waals surface area contributed by atoms with Crippen molar-refractivity contribution in [2.75, 3.05) is 14.2 Å². The zero-order chi connectivity index (χ0) is 15.4. The smallest absolute Gasteiger partial charge is 0.165 e. The number of methoxy groups -OCH3 is 1. The van der Waals surface area contributed by atoms with E-state index in [1.807, 2.05) is 19.2 Å². The van der Waals surface area contributed by atoms with Crippen LogP contribution in [0.5, 0.6) is 5.75 Å². The normalized spacial score (nSPS) is 12.2. The van der Waals surface area contributed by atoms with E-state index < -0.39 is 0 Å². The number of likely N-dealkylation sites (N-methyl/N-ethyl adjacent to an activating group) is 1. The Morgan fingerprint density at radius 1 is 1.24 bits per heavy atom. The van der Waals surface area contributed by atoms with Gasteiger partial charge in [-0.2, -0.15) is 0 Å². The maximum Gasteiger partial charge on any atom is 0.165 e. The first-order chi connectivity index (χ1) is 10.0. The maximum absolute atomic E-state index is 13.8. The zero-order valence-electron chi connectivity index (χ0n) is 12.4. The Hall–Kier alpha value is -1.39. The minimum absolute atomic E-state index is 0.144. The second-order valence-corrected chi connectivity index (χ2v) is 5.93. The largest absolute Gasteiger partial charge is 0.494 e. The molecule has 112 valence electrons. The molecule has 2 nitrogen and oxygen atoms in total. The molecule has 0 amide bonds. The van der Waals surface area contributed by atoms with Crippen molar-refractivity contribution in [2.24, 2.45) is 0 Å². The summed E-state index contributed by atoms with van der Waals surface area (Å²) >= 11 is 3.48. The van der Waals surface area contributed by atoms with Crippen LogP contribution >= 0.6 is 15.9 Å². The molecule has 1 unspecified atom stereocenters. The van der Waals surface area contributed by atoms with Gasteiger partial charge in [-0.3, -0.25) is 0 Å². The summed E-state index contributed by atoms with van der Waals surface area (Å²) in [6.45, 7) is 2.08. The third-order valence-corrected chi connectivity index (χ3v) is 4.11. The van der Waals surface area contributed by atoms with Crippen LogP contribution in [-0.4, -0.2) is 14.2 Å². The highest BCUT2D eigenvalue weighted by Crippen LogP contribution is 2.26. The van der Waals surface area contributed by atoms with Crippen molar-refractivity contribution in [3.05, 3.63) is 63.4 Å². The second-order valence-electron chi connectivity index (χ2n) is 5.02. The quantitative estimate of drug-likeness (QED) is 0.861. The highest BCUT2D eigenvalue weighted by atomic mass is 79.9. The lowest BCUT2D eigenvalue weighted by atomic mass is 9.95. The second kappa shape index (κ2) is 7.05. The van der Waals surface area contributed by atoms with Gasteiger partial charge in [-0.05, 0) is 61.3 Å². The predicted octanol–water partition coefficient (Wildman–Crippen LogP) is 4.41. The van der Waals surface area contributed by atoms with Crippen molar-refractivity contribution in [3.63, 3.8) is 0 Å². The molecule has 1 N–H and O–H groups in total. The third-order valence-electron chi connectivity index (χ3n) is 3.61. The van der Waals surface area contributed by atoms with E-state index in [0.717, 1.165) is 16.5 Å². The summed E-state index contributed by atoms with van der Waals surface area (Å²) in [5.41, 5.74) is 3.37. The minimum atomic E-state index is -0.322. The van der Waals surface area contributed by atoms with Gasteiger partial charge >= 0.3 is 0 Å². The van der Waals surface area contributed by atoms with Gasteiger partial charge in [0.1, 0.15) is 0 Å². The van der Waals surface area contributed by atoms with Crippen LogP contribution in [0.4, 0.5) is 4.39 Å². The van der Waals surface area contributed by atoms with E-state index in [-0.39, 0.29) is 17.6 Å². The first kappa shape index (κ1) is 16.0. The van der Waals surface area contributed by atoms with E-state index in [4.69, 9.17) is 4.74 Å². The molecule has 0 aromatic heterocycles. The summed E-state index contributed by atoms with van der Waals surface area (Å²) in [6, 6.07) is 11.5. The Balaban J connectivity index is 2.24. The van der Waals surface area contributed by atoms with Crippen LogP contribution in [0.2, 0.25) is 0 Å². The third kappa shape index (κ3) is 3.83. The van der Waals surface area contributed by atoms with Gasteiger partial charge in [0.05, 0.1) is 7.11 Å². The SMILES string of the molecule is CNC(Cc1ccc(OC)c(F)c1)c1ccc(Br)cc1C. The maximum atomic E-state index is 13.8. The van der Waals surface area contributed by atoms with E-state index >= 15 is 0 Å². The van der Waals surface area contributed by atoms with Crippen molar-refractivity contribution < 1.29 is 9.13 Å². The molecule has 1 atom stereocenters. The summed E-state index contributed by atoms with van der Waals surface area (Å²) in [5.74, 6) is -0.0445. The highest BCUT2D eigenvalue weighted by molar-refractivity contribution is 9.10. The molecule has 0 spiro atoms. The van der Waals surface area contributed by atoms with Crippen molar-refractivity contribution in [1.82, 2.24) is 5.32 Å². The van der Waals surface area contributed by atoms with Gasteiger partial charge in [0.25, 0.3) is 0 Å². The number of aryl methyl sites for hydroxylation is 1. The lowest BCUT2D eigenvalue weighted by Crippen LogP contribution is -2.20. The topological polar surface area (TPSA) is 21.3 Å². The molecule has 0 radical (unpaired) electrons. The van der Waals surface area contributed by atoms with Crippen LogP contribution in [0.15, 0.2) is 40.9 Å². The fourth-order valence-electron chi connectivity index (χ4n) is 2.47. The van der Waals surface area contributed by atoms with Gasteiger partial charge < -0.3 is 10.1 Å². The summed E-state index contributed by atoms with van der Waals surface area (Å²) in [5, 5.41) is 3.31. The van der Waals surface area contributed by atoms with Gasteiger partial charge in [0, 0.05) is 10.5 Å². The van der Waals surface area contributed by atoms with Crippen molar-refractivity contribution in [3.8, 4) is 5.75 Å². The van der Waals surface area contributed by atoms with Gasteiger partial charge in [-0.15, -0.1) is 0 Å². The number of benzene rings is 2. The fourth-order valence-corrected chi connectivity index (χ4v) is 2.95. The number of hydrogen-bond acceptors (Lipinski definition) is 2. The van der Waals surface area contributed by atoms with Gasteiger partial charge in [-0.1, -0.05) is 28.1 Å². The first-order valence-corrected chi connectivity index (χ1v) is 7.60. The average Bonchev–Trinajstić information content (AvgIpc) is 2.45. The predicted molar refractivity (Wildman–Crippen MR) is 87.3 cm³/mol. The Morgan fingerprint density at radius 3 is 2.57 bits per heavy atom. The van der Waals surface area contributed by atoms with E-state index in [9.17, 15) is 4.39 Å². The summed E-state index contributed by atoms with van der Waals surface area (Å²) in [4.78, 5) is 0. The van der Waals surface area contributed by atoms with Gasteiger partial charge in [0.2, 0.25) is 0 Å². The van der Waals surface area contributed by atoms with Crippen LogP contribution in [-0.2, 0) is 6.42 Å². The molecule has 0 aliphatic carbocycles. The molecule has 0 heterocycles. The first-order valence-electron chi connectivity index (χ1n) is 6.81. The van der Waals surface area contributed by atoms with Crippen molar-refractivity contribution >= 4 is 15.9 Å². The molecule has 2 aromatic rings. The van der Waals surface area contributed by atoms with E-state index in [2.05, 4.69) is 40.3 Å². The Morgan fingerprint density at radius 2 is 2.00 bits per heavy atom. The average molecular weight is 352 g/mol. The number of nitrogens with one attached hydrogen (secondary N) is 1. The molecule has 0 saturated carbocycles. The van der Waals surface area contributed by atoms with E-state index in [1.54, 1.807) is 6.07 Å². The van der Waals surface area contributed by atoms with Crippen LogP contribution in [0.25, 0.3) is 0 Å². The van der Waals surface area contributed by atoms with Crippen LogP contribution in [0.1, 0.15) is 22.7 Å². The number of ether oxygens (including phenoxy) is 1. The summed E-state index contributed by atoms with van der Waals surface area (Å²) < 4.78 is 19.8. The molecule has 0 fully saturated rings. The molecule has 2 rings (SSSR count). The standard InChI is InChI=1S/C17H19BrFNO/c1-11-8-13(18)5-6-14(11)16(20-2)10-12-4-7-17(21-3)15(19)9-12/h4-9,16,20H,10H2,1-3H3. The molecule has 21 heavy (non-hydrogen) atoms. The number of rotatable bonds is 5. The van der Waals surface area contributed by atoms with Crippen molar-refractivity contribution in [2.45, 2.75) is 19.4 Å². The summed E-state index contributed by atoms with van der Waals surface area (Å²) in [6.07, 6.45) is 0.722. The molecule has 2 aromatic carbocycles. The van der Waals surface area contributed by atoms with Gasteiger partial charge in [0.15, 0.2) is 11.6 Å². The fraction of sp³-hybridized carbons (Fsp3) is 0.294. The summed E-state index contributed by atoms with van der Waals surface area (Å²) in [7, 11) is 3.39. The molecule has 4 heteroatoms. The van der Waals surface area contributed by atoms with Crippen LogP contribution in [0.3, 0.4) is 0 Å². The molecule has 0 aliphatic rings. The van der Waals surface area contributed by atoms with Crippen molar-refractivity contribution in [1.29, 1.82) is 0 Å².